The molecule has 0 amide bonds. The van der Waals surface area contributed by atoms with Gasteiger partial charge in [0.25, 0.3) is 10.0 Å². The number of aryl methyl sites for hydroxylation is 1. The zero-order valence-electron chi connectivity index (χ0n) is 10.8. The molecule has 0 fully saturated rings. The van der Waals surface area contributed by atoms with Gasteiger partial charge in [-0.25, -0.2) is 0 Å². The maximum Gasteiger partial charge on any atom is 0.286 e. The third kappa shape index (κ3) is 2.41. The highest BCUT2D eigenvalue weighted by atomic mass is 32.2. The monoisotopic (exact) mass is 282 g/mol. The number of methoxy groups -OCH3 is 2. The van der Waals surface area contributed by atoms with Gasteiger partial charge in [-0.1, -0.05) is 0 Å². The van der Waals surface area contributed by atoms with Crippen LogP contribution in [0.1, 0.15) is 5.56 Å². The summed E-state index contributed by atoms with van der Waals surface area (Å²) < 4.78 is 36.0. The largest absolute Gasteiger partial charge is 0.497 e. The van der Waals surface area contributed by atoms with E-state index >= 15 is 0 Å². The molecule has 0 saturated carbocycles. The molecule has 0 aliphatic carbocycles. The minimum absolute atomic E-state index is 0.0115. The number of rotatable bonds is 4. The second-order valence-corrected chi connectivity index (χ2v) is 5.68. The van der Waals surface area contributed by atoms with Gasteiger partial charge in [0.05, 0.1) is 20.4 Å². The number of benzene rings is 1. The van der Waals surface area contributed by atoms with Crippen molar-refractivity contribution in [2.75, 3.05) is 14.2 Å². The Bertz CT molecular complexity index is 692. The lowest BCUT2D eigenvalue weighted by molar-refractivity contribution is 0.392. The minimum Gasteiger partial charge on any atom is -0.497 e. The van der Waals surface area contributed by atoms with Gasteiger partial charge in [0, 0.05) is 12.3 Å². The van der Waals surface area contributed by atoms with Crippen LogP contribution < -0.4 is 9.47 Å². The molecule has 0 aliphatic heterocycles. The van der Waals surface area contributed by atoms with Crippen LogP contribution in [0.3, 0.4) is 0 Å². The molecule has 2 rings (SSSR count). The second kappa shape index (κ2) is 4.93. The zero-order chi connectivity index (χ0) is 14.0. The number of nitrogens with zero attached hydrogens (tertiary/aromatic N) is 2. The molecule has 7 heteroatoms. The molecule has 0 saturated heterocycles. The van der Waals surface area contributed by atoms with Gasteiger partial charge < -0.3 is 9.47 Å². The molecule has 102 valence electrons. The third-order valence-corrected chi connectivity index (χ3v) is 4.15. The summed E-state index contributed by atoms with van der Waals surface area (Å²) in [5, 5.41) is 3.83. The van der Waals surface area contributed by atoms with Crippen molar-refractivity contribution in [3.05, 3.63) is 36.2 Å². The summed E-state index contributed by atoms with van der Waals surface area (Å²) in [7, 11) is -0.913. The Morgan fingerprint density at radius 3 is 2.47 bits per heavy atom. The van der Waals surface area contributed by atoms with Crippen molar-refractivity contribution >= 4 is 10.0 Å². The molecule has 6 nitrogen and oxygen atoms in total. The van der Waals surface area contributed by atoms with E-state index in [4.69, 9.17) is 9.47 Å². The molecule has 0 aliphatic rings. The van der Waals surface area contributed by atoms with Gasteiger partial charge in [0.15, 0.2) is 0 Å². The van der Waals surface area contributed by atoms with Crippen molar-refractivity contribution in [1.82, 2.24) is 9.19 Å². The van der Waals surface area contributed by atoms with E-state index in [1.54, 1.807) is 19.1 Å². The number of aromatic nitrogens is 2. The Morgan fingerprint density at radius 1 is 1.21 bits per heavy atom. The smallest absolute Gasteiger partial charge is 0.286 e. The van der Waals surface area contributed by atoms with E-state index < -0.39 is 10.0 Å². The van der Waals surface area contributed by atoms with Gasteiger partial charge in [0.1, 0.15) is 16.4 Å². The lowest BCUT2D eigenvalue weighted by Crippen LogP contribution is -2.14. The van der Waals surface area contributed by atoms with Gasteiger partial charge in [0.2, 0.25) is 0 Å². The van der Waals surface area contributed by atoms with Crippen LogP contribution in [-0.4, -0.2) is 31.8 Å². The van der Waals surface area contributed by atoms with Crippen LogP contribution in [0, 0.1) is 6.92 Å². The molecule has 1 heterocycles. The van der Waals surface area contributed by atoms with Gasteiger partial charge in [-0.15, -0.1) is 0 Å². The molecular weight excluding hydrogens is 268 g/mol. The average Bonchev–Trinajstić information content (AvgIpc) is 2.85. The van der Waals surface area contributed by atoms with Crippen molar-refractivity contribution in [1.29, 1.82) is 0 Å². The molecule has 0 bridgehead atoms. The van der Waals surface area contributed by atoms with Gasteiger partial charge >= 0.3 is 0 Å². The van der Waals surface area contributed by atoms with E-state index in [9.17, 15) is 8.42 Å². The molecule has 1 aromatic carbocycles. The first kappa shape index (κ1) is 13.4. The van der Waals surface area contributed by atoms with E-state index in [1.165, 1.54) is 32.7 Å². The zero-order valence-corrected chi connectivity index (χ0v) is 11.6. The highest BCUT2D eigenvalue weighted by Gasteiger charge is 2.23. The number of hydrogen-bond acceptors (Lipinski definition) is 5. The molecule has 2 aromatic rings. The maximum atomic E-state index is 12.5. The Hall–Kier alpha value is -2.02. The van der Waals surface area contributed by atoms with E-state index in [0.717, 1.165) is 9.65 Å². The molecule has 0 spiro atoms. The second-order valence-electron chi connectivity index (χ2n) is 3.91. The van der Waals surface area contributed by atoms with Crippen LogP contribution in [-0.2, 0) is 10.0 Å². The fraction of sp³-hybridized carbons (Fsp3) is 0.250. The van der Waals surface area contributed by atoms with Crippen LogP contribution in [0.4, 0.5) is 0 Å². The standard InChI is InChI=1S/C12H14N2O4S/c1-9-7-13-14(8-9)19(15,16)12-6-10(17-2)4-5-11(12)18-3/h4-8H,1-3H3. The molecular formula is C12H14N2O4S. The summed E-state index contributed by atoms with van der Waals surface area (Å²) in [6.45, 7) is 1.77. The Labute approximate surface area is 111 Å². The molecule has 0 N–H and O–H groups in total. The number of ether oxygens (including phenoxy) is 2. The molecule has 0 atom stereocenters. The predicted octanol–water partition coefficient (Wildman–Crippen LogP) is 1.45. The SMILES string of the molecule is COc1ccc(OC)c(S(=O)(=O)n2cc(C)cn2)c1. The lowest BCUT2D eigenvalue weighted by atomic mass is 10.3. The Kier molecular flexibility index (Phi) is 3.48. The van der Waals surface area contributed by atoms with Gasteiger partial charge in [-0.05, 0) is 24.6 Å². The Morgan fingerprint density at radius 2 is 1.95 bits per heavy atom. The average molecular weight is 282 g/mol. The summed E-state index contributed by atoms with van der Waals surface area (Å²) >= 11 is 0. The summed E-state index contributed by atoms with van der Waals surface area (Å²) in [5.41, 5.74) is 0.755. The van der Waals surface area contributed by atoms with Gasteiger partial charge in [-0.3, -0.25) is 0 Å². The fourth-order valence-corrected chi connectivity index (χ4v) is 2.96. The van der Waals surface area contributed by atoms with Gasteiger partial charge in [-0.2, -0.15) is 17.6 Å². The molecule has 0 unspecified atom stereocenters. The van der Waals surface area contributed by atoms with Crippen molar-refractivity contribution in [3.63, 3.8) is 0 Å². The third-order valence-electron chi connectivity index (χ3n) is 2.58. The van der Waals surface area contributed by atoms with Crippen LogP contribution in [0.15, 0.2) is 35.5 Å². The van der Waals surface area contributed by atoms with Crippen molar-refractivity contribution in [3.8, 4) is 11.5 Å². The fourth-order valence-electron chi connectivity index (χ4n) is 1.61. The number of hydrogen-bond donors (Lipinski definition) is 0. The van der Waals surface area contributed by atoms with Crippen molar-refractivity contribution in [2.24, 2.45) is 0 Å². The normalized spacial score (nSPS) is 11.3. The van der Waals surface area contributed by atoms with Crippen molar-refractivity contribution in [2.45, 2.75) is 11.8 Å². The summed E-state index contributed by atoms with van der Waals surface area (Å²) in [4.78, 5) is 0.0115. The first-order valence-electron chi connectivity index (χ1n) is 5.48. The molecule has 19 heavy (non-hydrogen) atoms. The summed E-state index contributed by atoms with van der Waals surface area (Å²) in [6, 6.07) is 4.58. The minimum atomic E-state index is -3.79. The van der Waals surface area contributed by atoms with E-state index in [2.05, 4.69) is 5.10 Å². The topological polar surface area (TPSA) is 70.4 Å². The van der Waals surface area contributed by atoms with E-state index in [0.29, 0.717) is 5.75 Å². The van der Waals surface area contributed by atoms with Crippen molar-refractivity contribution < 1.29 is 17.9 Å². The Balaban J connectivity index is 2.62. The lowest BCUT2D eigenvalue weighted by Gasteiger charge is -2.10. The highest BCUT2D eigenvalue weighted by molar-refractivity contribution is 7.90. The van der Waals surface area contributed by atoms with E-state index in [1.807, 2.05) is 0 Å². The van der Waals surface area contributed by atoms with Crippen LogP contribution in [0.25, 0.3) is 0 Å². The molecule has 0 radical (unpaired) electrons. The maximum absolute atomic E-state index is 12.5. The van der Waals surface area contributed by atoms with Crippen LogP contribution in [0.2, 0.25) is 0 Å². The first-order valence-corrected chi connectivity index (χ1v) is 6.92. The predicted molar refractivity (Wildman–Crippen MR) is 69.1 cm³/mol. The van der Waals surface area contributed by atoms with E-state index in [-0.39, 0.29) is 10.6 Å². The first-order chi connectivity index (χ1) is 8.98. The summed E-state index contributed by atoms with van der Waals surface area (Å²) in [5.74, 6) is 0.678. The van der Waals surface area contributed by atoms with Crippen LogP contribution in [0.5, 0.6) is 11.5 Å². The summed E-state index contributed by atoms with van der Waals surface area (Å²) in [6.07, 6.45) is 2.92. The van der Waals surface area contributed by atoms with Crippen LogP contribution >= 0.6 is 0 Å². The quantitative estimate of drug-likeness (QED) is 0.848. The highest BCUT2D eigenvalue weighted by Crippen LogP contribution is 2.29. The molecule has 1 aromatic heterocycles.